The van der Waals surface area contributed by atoms with E-state index in [1.165, 1.54) is 0 Å². The lowest BCUT2D eigenvalue weighted by molar-refractivity contribution is 0.0995. The second-order valence-electron chi connectivity index (χ2n) is 4.16. The van der Waals surface area contributed by atoms with Gasteiger partial charge in [-0.3, -0.25) is 4.98 Å². The molecule has 0 unspecified atom stereocenters. The minimum atomic E-state index is 0.240. The van der Waals surface area contributed by atoms with Gasteiger partial charge in [-0.05, 0) is 26.7 Å². The molecule has 0 saturated carbocycles. The number of anilines is 1. The van der Waals surface area contributed by atoms with Gasteiger partial charge < -0.3 is 14.8 Å². The summed E-state index contributed by atoms with van der Waals surface area (Å²) in [5.41, 5.74) is 0. The first kappa shape index (κ1) is 12.1. The molecular formula is C12H19N3O2. The summed E-state index contributed by atoms with van der Waals surface area (Å²) in [4.78, 5) is 8.41. The van der Waals surface area contributed by atoms with Crippen molar-refractivity contribution in [3.05, 3.63) is 12.4 Å². The average Bonchev–Trinajstić information content (AvgIpc) is 2.83. The molecule has 1 fully saturated rings. The molecule has 1 aliphatic rings. The van der Waals surface area contributed by atoms with Gasteiger partial charge >= 0.3 is 0 Å². The van der Waals surface area contributed by atoms with E-state index in [2.05, 4.69) is 22.2 Å². The van der Waals surface area contributed by atoms with Crippen molar-refractivity contribution >= 4 is 5.82 Å². The van der Waals surface area contributed by atoms with Crippen LogP contribution in [0.4, 0.5) is 5.82 Å². The smallest absolute Gasteiger partial charge is 0.234 e. The second kappa shape index (κ2) is 5.82. The van der Waals surface area contributed by atoms with E-state index in [4.69, 9.17) is 9.47 Å². The minimum absolute atomic E-state index is 0.240. The molecule has 94 valence electrons. The molecule has 1 N–H and O–H groups in total. The highest BCUT2D eigenvalue weighted by atomic mass is 16.5. The van der Waals surface area contributed by atoms with Gasteiger partial charge in [0.15, 0.2) is 0 Å². The lowest BCUT2D eigenvalue weighted by Crippen LogP contribution is -2.30. The lowest BCUT2D eigenvalue weighted by atomic mass is 10.1. The molecule has 17 heavy (non-hydrogen) atoms. The van der Waals surface area contributed by atoms with Gasteiger partial charge in [-0.25, -0.2) is 0 Å². The van der Waals surface area contributed by atoms with Gasteiger partial charge in [0.25, 0.3) is 0 Å². The van der Waals surface area contributed by atoms with Gasteiger partial charge in [0.2, 0.25) is 5.88 Å². The van der Waals surface area contributed by atoms with Gasteiger partial charge in [-0.15, -0.1) is 0 Å². The summed E-state index contributed by atoms with van der Waals surface area (Å²) in [7, 11) is 0. The molecule has 1 aromatic heterocycles. The van der Waals surface area contributed by atoms with Crippen molar-refractivity contribution in [3.8, 4) is 5.88 Å². The maximum absolute atomic E-state index is 5.62. The van der Waals surface area contributed by atoms with E-state index >= 15 is 0 Å². The summed E-state index contributed by atoms with van der Waals surface area (Å²) in [5.74, 6) is 1.29. The van der Waals surface area contributed by atoms with E-state index in [0.29, 0.717) is 12.5 Å². The van der Waals surface area contributed by atoms with Crippen LogP contribution < -0.4 is 10.1 Å². The van der Waals surface area contributed by atoms with Crippen LogP contribution in [0.25, 0.3) is 0 Å². The highest BCUT2D eigenvalue weighted by Crippen LogP contribution is 2.18. The first-order valence-corrected chi connectivity index (χ1v) is 6.12. The highest BCUT2D eigenvalue weighted by molar-refractivity contribution is 5.34. The van der Waals surface area contributed by atoms with Crippen molar-refractivity contribution in [3.63, 3.8) is 0 Å². The van der Waals surface area contributed by atoms with Crippen LogP contribution in [0.5, 0.6) is 5.88 Å². The van der Waals surface area contributed by atoms with Crippen LogP contribution >= 0.6 is 0 Å². The van der Waals surface area contributed by atoms with Crippen LogP contribution in [0.2, 0.25) is 0 Å². The fourth-order valence-electron chi connectivity index (χ4n) is 1.96. The number of hydrogen-bond acceptors (Lipinski definition) is 5. The van der Waals surface area contributed by atoms with Crippen LogP contribution in [0.3, 0.4) is 0 Å². The summed E-state index contributed by atoms with van der Waals surface area (Å²) in [6.45, 7) is 5.49. The average molecular weight is 237 g/mol. The Hall–Kier alpha value is -1.36. The van der Waals surface area contributed by atoms with E-state index < -0.39 is 0 Å². The Morgan fingerprint density at radius 3 is 3.18 bits per heavy atom. The molecule has 5 heteroatoms. The summed E-state index contributed by atoms with van der Waals surface area (Å²) < 4.78 is 10.9. The van der Waals surface area contributed by atoms with Crippen LogP contribution in [0.1, 0.15) is 26.7 Å². The predicted molar refractivity (Wildman–Crippen MR) is 65.3 cm³/mol. The quantitative estimate of drug-likeness (QED) is 0.847. The van der Waals surface area contributed by atoms with E-state index in [9.17, 15) is 0 Å². The molecule has 0 bridgehead atoms. The Morgan fingerprint density at radius 2 is 2.47 bits per heavy atom. The maximum atomic E-state index is 5.62. The largest absolute Gasteiger partial charge is 0.477 e. The summed E-state index contributed by atoms with van der Waals surface area (Å²) >= 11 is 0. The van der Waals surface area contributed by atoms with E-state index in [-0.39, 0.29) is 12.1 Å². The SMILES string of the molecule is CCOc1cncc(N[C@H](C)[C@H]2CCCO2)n1. The maximum Gasteiger partial charge on any atom is 0.234 e. The first-order chi connectivity index (χ1) is 8.29. The van der Waals surface area contributed by atoms with Crippen LogP contribution in [0.15, 0.2) is 12.4 Å². The topological polar surface area (TPSA) is 56.3 Å². The summed E-state index contributed by atoms with van der Waals surface area (Å²) in [6, 6.07) is 0.240. The molecule has 0 amide bonds. The van der Waals surface area contributed by atoms with Crippen molar-refractivity contribution < 1.29 is 9.47 Å². The van der Waals surface area contributed by atoms with Gasteiger partial charge in [0.1, 0.15) is 5.82 Å². The van der Waals surface area contributed by atoms with E-state index in [1.54, 1.807) is 12.4 Å². The van der Waals surface area contributed by atoms with Crippen LogP contribution in [0, 0.1) is 0 Å². The van der Waals surface area contributed by atoms with E-state index in [0.717, 1.165) is 25.3 Å². The zero-order valence-electron chi connectivity index (χ0n) is 10.3. The molecule has 0 spiro atoms. The van der Waals surface area contributed by atoms with Crippen molar-refractivity contribution in [2.24, 2.45) is 0 Å². The Morgan fingerprint density at radius 1 is 1.59 bits per heavy atom. The number of aromatic nitrogens is 2. The molecule has 2 rings (SSSR count). The normalized spacial score (nSPS) is 21.2. The number of nitrogens with zero attached hydrogens (tertiary/aromatic N) is 2. The standard InChI is InChI=1S/C12H19N3O2/c1-3-16-12-8-13-7-11(15-12)14-9(2)10-5-4-6-17-10/h7-10H,3-6H2,1-2H3,(H,14,15)/t9-,10-/m1/s1. The molecule has 1 aliphatic heterocycles. The summed E-state index contributed by atoms with van der Waals surface area (Å²) in [5, 5.41) is 3.30. The Balaban J connectivity index is 1.94. The zero-order valence-corrected chi connectivity index (χ0v) is 10.3. The monoisotopic (exact) mass is 237 g/mol. The number of ether oxygens (including phenoxy) is 2. The Kier molecular flexibility index (Phi) is 4.14. The molecular weight excluding hydrogens is 218 g/mol. The van der Waals surface area contributed by atoms with Crippen molar-refractivity contribution in [2.45, 2.75) is 38.8 Å². The second-order valence-corrected chi connectivity index (χ2v) is 4.16. The van der Waals surface area contributed by atoms with Crippen LogP contribution in [-0.4, -0.2) is 35.3 Å². The van der Waals surface area contributed by atoms with Crippen molar-refractivity contribution in [2.75, 3.05) is 18.5 Å². The predicted octanol–water partition coefficient (Wildman–Crippen LogP) is 1.85. The third-order valence-electron chi connectivity index (χ3n) is 2.80. The Labute approximate surface area is 102 Å². The highest BCUT2D eigenvalue weighted by Gasteiger charge is 2.22. The van der Waals surface area contributed by atoms with Crippen LogP contribution in [-0.2, 0) is 4.74 Å². The van der Waals surface area contributed by atoms with Crippen molar-refractivity contribution in [1.82, 2.24) is 9.97 Å². The van der Waals surface area contributed by atoms with Gasteiger partial charge in [0, 0.05) is 6.61 Å². The molecule has 0 aromatic carbocycles. The number of rotatable bonds is 5. The molecule has 5 nitrogen and oxygen atoms in total. The fraction of sp³-hybridized carbons (Fsp3) is 0.667. The van der Waals surface area contributed by atoms with E-state index in [1.807, 2.05) is 6.92 Å². The van der Waals surface area contributed by atoms with Gasteiger partial charge in [-0.1, -0.05) is 0 Å². The van der Waals surface area contributed by atoms with Gasteiger partial charge in [0.05, 0.1) is 31.1 Å². The first-order valence-electron chi connectivity index (χ1n) is 6.12. The molecule has 1 aromatic rings. The fourth-order valence-corrected chi connectivity index (χ4v) is 1.96. The molecule has 0 radical (unpaired) electrons. The molecule has 1 saturated heterocycles. The van der Waals surface area contributed by atoms with Crippen molar-refractivity contribution in [1.29, 1.82) is 0 Å². The lowest BCUT2D eigenvalue weighted by Gasteiger charge is -2.20. The Bertz CT molecular complexity index is 353. The minimum Gasteiger partial charge on any atom is -0.477 e. The summed E-state index contributed by atoms with van der Waals surface area (Å²) in [6.07, 6.45) is 5.83. The number of hydrogen-bond donors (Lipinski definition) is 1. The zero-order chi connectivity index (χ0) is 12.1. The molecule has 2 heterocycles. The van der Waals surface area contributed by atoms with Gasteiger partial charge in [-0.2, -0.15) is 4.98 Å². The third kappa shape index (κ3) is 3.30. The third-order valence-corrected chi connectivity index (χ3v) is 2.80. The number of nitrogens with one attached hydrogen (secondary N) is 1. The molecule has 0 aliphatic carbocycles. The molecule has 2 atom stereocenters.